The lowest BCUT2D eigenvalue weighted by atomic mass is 10.1. The minimum Gasteiger partial charge on any atom is -0.372 e. The number of rotatable bonds is 9. The van der Waals surface area contributed by atoms with Gasteiger partial charge in [0, 0.05) is 30.9 Å². The summed E-state index contributed by atoms with van der Waals surface area (Å²) < 4.78 is 0. The summed E-state index contributed by atoms with van der Waals surface area (Å²) in [5, 5.41) is 14.3. The van der Waals surface area contributed by atoms with Gasteiger partial charge in [0.05, 0.1) is 0 Å². The van der Waals surface area contributed by atoms with Crippen LogP contribution in [-0.2, 0) is 11.2 Å². The average Bonchev–Trinajstić information content (AvgIpc) is 2.76. The SMILES string of the molecule is CCN(CC)c1ccc(Nc2ccc(NC(=O)CCc3ccccc3)nn2)cc1. The van der Waals surface area contributed by atoms with E-state index in [0.29, 0.717) is 24.5 Å². The van der Waals surface area contributed by atoms with Crippen LogP contribution in [0.25, 0.3) is 0 Å². The zero-order chi connectivity index (χ0) is 20.5. The van der Waals surface area contributed by atoms with Crippen LogP contribution >= 0.6 is 0 Å². The number of hydrogen-bond donors (Lipinski definition) is 2. The molecule has 0 radical (unpaired) electrons. The van der Waals surface area contributed by atoms with Crippen molar-refractivity contribution in [2.75, 3.05) is 28.6 Å². The zero-order valence-electron chi connectivity index (χ0n) is 16.9. The second kappa shape index (κ2) is 10.2. The van der Waals surface area contributed by atoms with Crippen molar-refractivity contribution < 1.29 is 4.79 Å². The van der Waals surface area contributed by atoms with Gasteiger partial charge in [0.1, 0.15) is 0 Å². The molecule has 6 nitrogen and oxygen atoms in total. The summed E-state index contributed by atoms with van der Waals surface area (Å²) in [6.45, 7) is 6.25. The van der Waals surface area contributed by atoms with Crippen LogP contribution in [0.15, 0.2) is 66.7 Å². The maximum Gasteiger partial charge on any atom is 0.225 e. The van der Waals surface area contributed by atoms with Crippen LogP contribution in [0.1, 0.15) is 25.8 Å². The molecule has 3 rings (SSSR count). The Hall–Kier alpha value is -3.41. The van der Waals surface area contributed by atoms with Crippen molar-refractivity contribution in [3.63, 3.8) is 0 Å². The molecule has 0 saturated carbocycles. The average molecular weight is 390 g/mol. The molecular formula is C23H27N5O. The lowest BCUT2D eigenvalue weighted by molar-refractivity contribution is -0.116. The first-order valence-corrected chi connectivity index (χ1v) is 9.97. The molecule has 0 bridgehead atoms. The van der Waals surface area contributed by atoms with Crippen molar-refractivity contribution in [3.05, 3.63) is 72.3 Å². The minimum atomic E-state index is -0.0733. The molecule has 29 heavy (non-hydrogen) atoms. The van der Waals surface area contributed by atoms with Gasteiger partial charge in [0.15, 0.2) is 11.6 Å². The van der Waals surface area contributed by atoms with E-state index in [2.05, 4.69) is 51.7 Å². The van der Waals surface area contributed by atoms with Gasteiger partial charge in [0.2, 0.25) is 5.91 Å². The molecule has 1 amide bonds. The fraction of sp³-hybridized carbons (Fsp3) is 0.261. The van der Waals surface area contributed by atoms with Crippen LogP contribution in [0.4, 0.5) is 23.0 Å². The third-order valence-electron chi connectivity index (χ3n) is 4.68. The highest BCUT2D eigenvalue weighted by atomic mass is 16.1. The smallest absolute Gasteiger partial charge is 0.225 e. The summed E-state index contributed by atoms with van der Waals surface area (Å²) in [6.07, 6.45) is 1.10. The standard InChI is InChI=1S/C23H27N5O/c1-3-28(4-2)20-13-11-19(12-14-20)24-21-15-16-22(27-26-21)25-23(29)17-10-18-8-6-5-7-9-18/h5-9,11-16H,3-4,10,17H2,1-2H3,(H,24,26)(H,25,27,29). The monoisotopic (exact) mass is 389 g/mol. The molecule has 0 aliphatic carbocycles. The van der Waals surface area contributed by atoms with Gasteiger partial charge in [-0.2, -0.15) is 0 Å². The van der Waals surface area contributed by atoms with Crippen LogP contribution in [0.3, 0.4) is 0 Å². The minimum absolute atomic E-state index is 0.0733. The number of amides is 1. The number of anilines is 4. The Balaban J connectivity index is 1.51. The van der Waals surface area contributed by atoms with Gasteiger partial charge in [-0.3, -0.25) is 4.79 Å². The first kappa shape index (κ1) is 20.3. The van der Waals surface area contributed by atoms with Gasteiger partial charge in [0.25, 0.3) is 0 Å². The van der Waals surface area contributed by atoms with Crippen LogP contribution in [0.2, 0.25) is 0 Å². The van der Waals surface area contributed by atoms with Crippen LogP contribution < -0.4 is 15.5 Å². The highest BCUT2D eigenvalue weighted by molar-refractivity contribution is 5.89. The van der Waals surface area contributed by atoms with E-state index in [1.54, 1.807) is 12.1 Å². The van der Waals surface area contributed by atoms with Crippen molar-refractivity contribution in [1.82, 2.24) is 10.2 Å². The van der Waals surface area contributed by atoms with Gasteiger partial charge < -0.3 is 15.5 Å². The fourth-order valence-corrected chi connectivity index (χ4v) is 3.07. The quantitative estimate of drug-likeness (QED) is 0.558. The van der Waals surface area contributed by atoms with E-state index >= 15 is 0 Å². The summed E-state index contributed by atoms with van der Waals surface area (Å²) in [5.41, 5.74) is 3.27. The van der Waals surface area contributed by atoms with E-state index in [0.717, 1.165) is 24.3 Å². The Labute approximate surface area is 172 Å². The van der Waals surface area contributed by atoms with Gasteiger partial charge in [-0.05, 0) is 62.2 Å². The Bertz CT molecular complexity index is 891. The van der Waals surface area contributed by atoms with Gasteiger partial charge in [-0.1, -0.05) is 30.3 Å². The topological polar surface area (TPSA) is 70.2 Å². The van der Waals surface area contributed by atoms with Gasteiger partial charge in [-0.15, -0.1) is 10.2 Å². The van der Waals surface area contributed by atoms with Crippen molar-refractivity contribution in [2.24, 2.45) is 0 Å². The summed E-state index contributed by atoms with van der Waals surface area (Å²) in [5.74, 6) is 1.00. The number of aryl methyl sites for hydroxylation is 1. The van der Waals surface area contributed by atoms with Gasteiger partial charge in [-0.25, -0.2) is 0 Å². The van der Waals surface area contributed by atoms with Crippen molar-refractivity contribution in [3.8, 4) is 0 Å². The molecule has 0 aliphatic rings. The first-order chi connectivity index (χ1) is 14.2. The first-order valence-electron chi connectivity index (χ1n) is 9.97. The predicted octanol–water partition coefficient (Wildman–Crippen LogP) is 4.64. The molecule has 0 fully saturated rings. The number of nitrogens with one attached hydrogen (secondary N) is 2. The van der Waals surface area contributed by atoms with E-state index in [9.17, 15) is 4.79 Å². The number of aromatic nitrogens is 2. The Morgan fingerprint density at radius 1 is 0.862 bits per heavy atom. The Morgan fingerprint density at radius 3 is 2.14 bits per heavy atom. The number of carbonyl (C=O) groups excluding carboxylic acids is 1. The molecule has 2 aromatic carbocycles. The molecule has 3 aromatic rings. The van der Waals surface area contributed by atoms with Crippen molar-refractivity contribution in [1.29, 1.82) is 0 Å². The summed E-state index contributed by atoms with van der Waals surface area (Å²) in [7, 11) is 0. The van der Waals surface area contributed by atoms with Crippen molar-refractivity contribution >= 4 is 28.9 Å². The molecule has 0 saturated heterocycles. The Kier molecular flexibility index (Phi) is 7.16. The van der Waals surface area contributed by atoms with Crippen LogP contribution in [0, 0.1) is 0 Å². The maximum absolute atomic E-state index is 12.1. The van der Waals surface area contributed by atoms with E-state index in [-0.39, 0.29) is 5.91 Å². The van der Waals surface area contributed by atoms with Crippen molar-refractivity contribution in [2.45, 2.75) is 26.7 Å². The molecular weight excluding hydrogens is 362 g/mol. The summed E-state index contributed by atoms with van der Waals surface area (Å²) in [4.78, 5) is 14.4. The second-order valence-electron chi connectivity index (χ2n) is 6.68. The predicted molar refractivity (Wildman–Crippen MR) is 119 cm³/mol. The highest BCUT2D eigenvalue weighted by Gasteiger charge is 2.06. The Morgan fingerprint density at radius 2 is 1.52 bits per heavy atom. The lowest BCUT2D eigenvalue weighted by Crippen LogP contribution is -2.21. The molecule has 0 spiro atoms. The lowest BCUT2D eigenvalue weighted by Gasteiger charge is -2.21. The molecule has 1 aromatic heterocycles. The highest BCUT2D eigenvalue weighted by Crippen LogP contribution is 2.20. The van der Waals surface area contributed by atoms with E-state index in [1.165, 1.54) is 5.69 Å². The molecule has 150 valence electrons. The fourth-order valence-electron chi connectivity index (χ4n) is 3.07. The molecule has 0 aliphatic heterocycles. The normalized spacial score (nSPS) is 10.4. The largest absolute Gasteiger partial charge is 0.372 e. The third kappa shape index (κ3) is 6.04. The molecule has 2 N–H and O–H groups in total. The summed E-state index contributed by atoms with van der Waals surface area (Å²) >= 11 is 0. The molecule has 6 heteroatoms. The van der Waals surface area contributed by atoms with Crippen LogP contribution in [-0.4, -0.2) is 29.2 Å². The van der Waals surface area contributed by atoms with E-state index in [1.807, 2.05) is 42.5 Å². The van der Waals surface area contributed by atoms with E-state index in [4.69, 9.17) is 0 Å². The molecule has 1 heterocycles. The van der Waals surface area contributed by atoms with Gasteiger partial charge >= 0.3 is 0 Å². The number of hydrogen-bond acceptors (Lipinski definition) is 5. The number of carbonyl (C=O) groups is 1. The number of benzene rings is 2. The van der Waals surface area contributed by atoms with Crippen LogP contribution in [0.5, 0.6) is 0 Å². The number of nitrogens with zero attached hydrogens (tertiary/aromatic N) is 3. The summed E-state index contributed by atoms with van der Waals surface area (Å²) in [6, 6.07) is 21.7. The van der Waals surface area contributed by atoms with E-state index < -0.39 is 0 Å². The third-order valence-corrected chi connectivity index (χ3v) is 4.68. The maximum atomic E-state index is 12.1. The zero-order valence-corrected chi connectivity index (χ0v) is 16.9. The molecule has 0 atom stereocenters. The molecule has 0 unspecified atom stereocenters. The second-order valence-corrected chi connectivity index (χ2v) is 6.68.